The van der Waals surface area contributed by atoms with Gasteiger partial charge in [0.2, 0.25) is 5.91 Å². The van der Waals surface area contributed by atoms with Gasteiger partial charge in [-0.25, -0.2) is 4.79 Å². The maximum absolute atomic E-state index is 13.1. The van der Waals surface area contributed by atoms with Gasteiger partial charge in [0, 0.05) is 19.0 Å². The van der Waals surface area contributed by atoms with Crippen LogP contribution in [0.5, 0.6) is 5.75 Å². The van der Waals surface area contributed by atoms with Gasteiger partial charge in [-0.3, -0.25) is 4.79 Å². The summed E-state index contributed by atoms with van der Waals surface area (Å²) in [6, 6.07) is 2.71. The van der Waals surface area contributed by atoms with Crippen molar-refractivity contribution in [1.82, 2.24) is 10.1 Å². The Balaban J connectivity index is 2.08. The van der Waals surface area contributed by atoms with Crippen LogP contribution in [-0.4, -0.2) is 46.2 Å². The Kier molecular flexibility index (Phi) is 6.99. The second-order valence-corrected chi connectivity index (χ2v) is 7.47. The number of carboxylic acid groups (broad SMARTS) is 1. The summed E-state index contributed by atoms with van der Waals surface area (Å²) in [5, 5.41) is 12.3. The van der Waals surface area contributed by atoms with Gasteiger partial charge in [-0.2, -0.15) is 13.2 Å². The highest BCUT2D eigenvalue weighted by Crippen LogP contribution is 2.38. The van der Waals surface area contributed by atoms with Crippen LogP contribution < -0.4 is 4.74 Å². The first-order valence-electron chi connectivity index (χ1n) is 9.52. The van der Waals surface area contributed by atoms with E-state index in [4.69, 9.17) is 9.26 Å². The average Bonchev–Trinajstić information content (AvgIpc) is 3.10. The standard InChI is InChI=1S/C20H25F3N2O5/c1-5-7-12-14(10-9-13-16(12)30-24-17(13)20(21,22)23)29-11-6-8-15(26)25(4)19(2,3)18(27)28/h9-10H,5-8,11H2,1-4H3,(H,27,28). The Bertz CT molecular complexity index is 921. The number of hydrogen-bond acceptors (Lipinski definition) is 5. The first-order chi connectivity index (χ1) is 13.9. The van der Waals surface area contributed by atoms with Crippen molar-refractivity contribution in [2.45, 2.75) is 58.2 Å². The summed E-state index contributed by atoms with van der Waals surface area (Å²) in [6.07, 6.45) is -3.14. The molecule has 1 aromatic heterocycles. The molecular weight excluding hydrogens is 405 g/mol. The number of nitrogens with zero attached hydrogens (tertiary/aromatic N) is 2. The van der Waals surface area contributed by atoms with Gasteiger partial charge >= 0.3 is 12.1 Å². The number of aliphatic carboxylic acids is 1. The number of aryl methyl sites for hydroxylation is 1. The molecule has 166 valence electrons. The zero-order chi connectivity index (χ0) is 22.7. The van der Waals surface area contributed by atoms with Crippen molar-refractivity contribution in [3.8, 4) is 5.75 Å². The Morgan fingerprint density at radius 1 is 1.27 bits per heavy atom. The number of rotatable bonds is 9. The lowest BCUT2D eigenvalue weighted by Crippen LogP contribution is -2.50. The molecule has 10 heteroatoms. The highest BCUT2D eigenvalue weighted by molar-refractivity contribution is 5.86. The van der Waals surface area contributed by atoms with E-state index in [1.165, 1.54) is 33.0 Å². The van der Waals surface area contributed by atoms with Crippen molar-refractivity contribution < 1.29 is 37.1 Å². The average molecular weight is 430 g/mol. The smallest absolute Gasteiger partial charge is 0.437 e. The van der Waals surface area contributed by atoms with E-state index in [0.717, 1.165) is 4.90 Å². The van der Waals surface area contributed by atoms with E-state index < -0.39 is 23.4 Å². The molecule has 0 saturated carbocycles. The van der Waals surface area contributed by atoms with Crippen LogP contribution in [0, 0.1) is 0 Å². The van der Waals surface area contributed by atoms with E-state index in [2.05, 4.69) is 5.16 Å². The number of carbonyl (C=O) groups is 2. The summed E-state index contributed by atoms with van der Waals surface area (Å²) in [5.74, 6) is -1.08. The van der Waals surface area contributed by atoms with Crippen LogP contribution in [0.4, 0.5) is 13.2 Å². The molecule has 2 aromatic rings. The van der Waals surface area contributed by atoms with Gasteiger partial charge in [0.05, 0.1) is 12.0 Å². The Morgan fingerprint density at radius 2 is 1.93 bits per heavy atom. The van der Waals surface area contributed by atoms with Gasteiger partial charge in [0.15, 0.2) is 11.3 Å². The molecule has 0 bridgehead atoms. The fourth-order valence-corrected chi connectivity index (χ4v) is 2.90. The number of carboxylic acids is 1. The molecule has 0 fully saturated rings. The molecule has 0 saturated heterocycles. The number of fused-ring (bicyclic) bond motifs is 1. The Morgan fingerprint density at radius 3 is 2.50 bits per heavy atom. The summed E-state index contributed by atoms with van der Waals surface area (Å²) >= 11 is 0. The van der Waals surface area contributed by atoms with Crippen LogP contribution in [0.15, 0.2) is 16.7 Å². The third-order valence-electron chi connectivity index (χ3n) is 5.00. The lowest BCUT2D eigenvalue weighted by atomic mass is 10.0. The Hall–Kier alpha value is -2.78. The summed E-state index contributed by atoms with van der Waals surface area (Å²) < 4.78 is 49.9. The summed E-state index contributed by atoms with van der Waals surface area (Å²) in [6.45, 7) is 4.88. The minimum Gasteiger partial charge on any atom is -0.493 e. The molecule has 1 aromatic carbocycles. The number of benzene rings is 1. The largest absolute Gasteiger partial charge is 0.493 e. The molecule has 0 spiro atoms. The highest BCUT2D eigenvalue weighted by atomic mass is 19.4. The van der Waals surface area contributed by atoms with Gasteiger partial charge in [0.25, 0.3) is 0 Å². The third-order valence-corrected chi connectivity index (χ3v) is 5.00. The van der Waals surface area contributed by atoms with Crippen LogP contribution in [-0.2, 0) is 22.2 Å². The van der Waals surface area contributed by atoms with Crippen LogP contribution >= 0.6 is 0 Å². The number of aromatic nitrogens is 1. The lowest BCUT2D eigenvalue weighted by molar-refractivity contribution is -0.155. The third kappa shape index (κ3) is 4.85. The molecule has 2 rings (SSSR count). The molecule has 0 atom stereocenters. The van der Waals surface area contributed by atoms with Crippen LogP contribution in [0.3, 0.4) is 0 Å². The number of halogens is 3. The number of hydrogen-bond donors (Lipinski definition) is 1. The van der Waals surface area contributed by atoms with Gasteiger partial charge in [0.1, 0.15) is 11.3 Å². The quantitative estimate of drug-likeness (QED) is 0.597. The molecule has 1 N–H and O–H groups in total. The van der Waals surface area contributed by atoms with Gasteiger partial charge in [-0.1, -0.05) is 18.5 Å². The topological polar surface area (TPSA) is 92.9 Å². The minimum absolute atomic E-state index is 0.0423. The van der Waals surface area contributed by atoms with Crippen molar-refractivity contribution in [3.05, 3.63) is 23.4 Å². The fourth-order valence-electron chi connectivity index (χ4n) is 2.90. The van der Waals surface area contributed by atoms with Crippen LogP contribution in [0.25, 0.3) is 11.0 Å². The molecule has 1 heterocycles. The molecule has 7 nitrogen and oxygen atoms in total. The summed E-state index contributed by atoms with van der Waals surface area (Å²) in [7, 11) is 1.42. The van der Waals surface area contributed by atoms with E-state index in [-0.39, 0.29) is 29.9 Å². The second-order valence-electron chi connectivity index (χ2n) is 7.47. The number of alkyl halides is 3. The van der Waals surface area contributed by atoms with Gasteiger partial charge < -0.3 is 19.3 Å². The number of ether oxygens (including phenoxy) is 1. The predicted molar refractivity (Wildman–Crippen MR) is 102 cm³/mol. The number of carbonyl (C=O) groups excluding carboxylic acids is 1. The normalized spacial score (nSPS) is 12.2. The van der Waals surface area contributed by atoms with E-state index in [1.807, 2.05) is 6.92 Å². The highest BCUT2D eigenvalue weighted by Gasteiger charge is 2.38. The van der Waals surface area contributed by atoms with Crippen molar-refractivity contribution in [1.29, 1.82) is 0 Å². The molecule has 0 aliphatic carbocycles. The van der Waals surface area contributed by atoms with Crippen molar-refractivity contribution in [2.75, 3.05) is 13.7 Å². The Labute approximate surface area is 171 Å². The molecule has 0 aliphatic heterocycles. The SMILES string of the molecule is CCCc1c(OCCCC(=O)N(C)C(C)(C)C(=O)O)ccc2c(C(F)(F)F)noc12. The summed E-state index contributed by atoms with van der Waals surface area (Å²) in [4.78, 5) is 24.6. The molecule has 0 radical (unpaired) electrons. The maximum atomic E-state index is 13.1. The van der Waals surface area contributed by atoms with Gasteiger partial charge in [-0.15, -0.1) is 0 Å². The van der Waals surface area contributed by atoms with E-state index in [9.17, 15) is 27.9 Å². The molecule has 0 unspecified atom stereocenters. The first kappa shape index (κ1) is 23.5. The van der Waals surface area contributed by atoms with Gasteiger partial charge in [-0.05, 0) is 38.8 Å². The minimum atomic E-state index is -4.62. The zero-order valence-corrected chi connectivity index (χ0v) is 17.3. The monoisotopic (exact) mass is 430 g/mol. The molecule has 0 aliphatic rings. The second kappa shape index (κ2) is 8.93. The van der Waals surface area contributed by atoms with Crippen LogP contribution in [0.1, 0.15) is 51.3 Å². The first-order valence-corrected chi connectivity index (χ1v) is 9.52. The molecular formula is C20H25F3N2O5. The van der Waals surface area contributed by atoms with Crippen molar-refractivity contribution in [3.63, 3.8) is 0 Å². The lowest BCUT2D eigenvalue weighted by Gasteiger charge is -2.31. The number of likely N-dealkylation sites (N-methyl/N-ethyl adjacent to an activating group) is 1. The van der Waals surface area contributed by atoms with E-state index in [1.54, 1.807) is 0 Å². The van der Waals surface area contributed by atoms with Crippen LogP contribution in [0.2, 0.25) is 0 Å². The fraction of sp³-hybridized carbons (Fsp3) is 0.550. The number of amides is 1. The predicted octanol–water partition coefficient (Wildman–Crippen LogP) is 4.28. The molecule has 30 heavy (non-hydrogen) atoms. The summed E-state index contributed by atoms with van der Waals surface area (Å²) in [5.41, 5.74) is -1.87. The van der Waals surface area contributed by atoms with E-state index >= 15 is 0 Å². The van der Waals surface area contributed by atoms with Crippen molar-refractivity contribution in [2.24, 2.45) is 0 Å². The maximum Gasteiger partial charge on any atom is 0.437 e. The molecule has 1 amide bonds. The zero-order valence-electron chi connectivity index (χ0n) is 17.3. The van der Waals surface area contributed by atoms with Crippen molar-refractivity contribution >= 4 is 22.8 Å². The van der Waals surface area contributed by atoms with E-state index in [0.29, 0.717) is 30.6 Å².